The van der Waals surface area contributed by atoms with E-state index in [1.165, 1.54) is 17.8 Å². The van der Waals surface area contributed by atoms with Crippen LogP contribution >= 0.6 is 35.0 Å². The zero-order valence-electron chi connectivity index (χ0n) is 23.8. The Balaban J connectivity index is 1.34. The van der Waals surface area contributed by atoms with Crippen LogP contribution < -0.4 is 16.0 Å². The van der Waals surface area contributed by atoms with Crippen LogP contribution in [0.4, 0.5) is 11.5 Å². The zero-order valence-corrected chi connectivity index (χ0v) is 26.1. The van der Waals surface area contributed by atoms with Gasteiger partial charge in [0.2, 0.25) is 5.91 Å². The molecule has 8 nitrogen and oxygen atoms in total. The highest BCUT2D eigenvalue weighted by atomic mass is 35.5. The lowest BCUT2D eigenvalue weighted by molar-refractivity contribution is -0.116. The lowest BCUT2D eigenvalue weighted by Crippen LogP contribution is -2.30. The Morgan fingerprint density at radius 1 is 0.844 bits per heavy atom. The van der Waals surface area contributed by atoms with E-state index in [2.05, 4.69) is 21.1 Å². The van der Waals surface area contributed by atoms with Crippen LogP contribution in [0, 0.1) is 6.92 Å². The summed E-state index contributed by atoms with van der Waals surface area (Å²) in [6.07, 6.45) is 1.47. The van der Waals surface area contributed by atoms with Gasteiger partial charge < -0.3 is 20.5 Å². The van der Waals surface area contributed by atoms with E-state index < -0.39 is 17.1 Å². The largest absolute Gasteiger partial charge is 0.360 e. The fraction of sp³-hybridized carbons (Fsp3) is 0.0588. The minimum atomic E-state index is -0.589. The topological polar surface area (TPSA) is 113 Å². The lowest BCUT2D eigenvalue weighted by atomic mass is 10.1. The second-order valence-electron chi connectivity index (χ2n) is 9.72. The van der Waals surface area contributed by atoms with E-state index in [1.54, 1.807) is 85.8 Å². The van der Waals surface area contributed by atoms with Crippen molar-refractivity contribution < 1.29 is 18.9 Å². The number of carbonyl (C=O) groups is 3. The molecular weight excluding hydrogens is 631 g/mol. The van der Waals surface area contributed by atoms with Crippen LogP contribution in [-0.2, 0) is 9.59 Å². The first-order valence-electron chi connectivity index (χ1n) is 13.7. The molecule has 226 valence electrons. The van der Waals surface area contributed by atoms with Gasteiger partial charge in [0.1, 0.15) is 16.7 Å². The van der Waals surface area contributed by atoms with E-state index in [0.717, 1.165) is 10.5 Å². The molecule has 45 heavy (non-hydrogen) atoms. The Labute approximate surface area is 273 Å². The Morgan fingerprint density at radius 2 is 1.53 bits per heavy atom. The number of anilines is 2. The summed E-state index contributed by atoms with van der Waals surface area (Å²) in [5.41, 5.74) is 2.09. The molecule has 0 fully saturated rings. The zero-order chi connectivity index (χ0) is 31.8. The van der Waals surface area contributed by atoms with Crippen LogP contribution in [0.1, 0.15) is 32.5 Å². The molecule has 1 heterocycles. The van der Waals surface area contributed by atoms with Crippen molar-refractivity contribution in [3.63, 3.8) is 0 Å². The molecule has 0 aliphatic heterocycles. The third-order valence-corrected chi connectivity index (χ3v) is 8.50. The Hall–Kier alpha value is -4.83. The molecule has 0 bridgehead atoms. The van der Waals surface area contributed by atoms with Crippen LogP contribution in [0.2, 0.25) is 10.0 Å². The molecule has 0 saturated carbocycles. The number of benzene rings is 4. The van der Waals surface area contributed by atoms with Gasteiger partial charge in [0.25, 0.3) is 11.8 Å². The van der Waals surface area contributed by atoms with Crippen molar-refractivity contribution in [3.05, 3.63) is 147 Å². The maximum Gasteiger partial charge on any atom is 0.272 e. The molecule has 0 aliphatic carbocycles. The minimum absolute atomic E-state index is 0.0321. The number of nitrogens with zero attached hydrogens (tertiary/aromatic N) is 1. The predicted molar refractivity (Wildman–Crippen MR) is 178 cm³/mol. The molecule has 1 unspecified atom stereocenters. The SMILES string of the molecule is Cc1cc(NC(=O)C(Sc2ccc(NC(=O)/C(=C/c3cccc(Cl)c3Cl)NC(=O)c3ccccc3)cc2)c2ccccc2)no1. The van der Waals surface area contributed by atoms with Gasteiger partial charge in [-0.3, -0.25) is 14.4 Å². The second-order valence-corrected chi connectivity index (χ2v) is 11.7. The Kier molecular flexibility index (Phi) is 10.4. The number of rotatable bonds is 10. The van der Waals surface area contributed by atoms with E-state index in [9.17, 15) is 14.4 Å². The van der Waals surface area contributed by atoms with E-state index in [1.807, 2.05) is 30.3 Å². The Bertz CT molecular complexity index is 1850. The van der Waals surface area contributed by atoms with Crippen LogP contribution in [0.3, 0.4) is 0 Å². The first-order chi connectivity index (χ1) is 21.8. The molecule has 0 aliphatic rings. The summed E-state index contributed by atoms with van der Waals surface area (Å²) >= 11 is 13.9. The number of halogens is 2. The van der Waals surface area contributed by atoms with Gasteiger partial charge >= 0.3 is 0 Å². The first-order valence-corrected chi connectivity index (χ1v) is 15.3. The van der Waals surface area contributed by atoms with Crippen molar-refractivity contribution in [2.24, 2.45) is 0 Å². The van der Waals surface area contributed by atoms with Gasteiger partial charge in [0, 0.05) is 22.2 Å². The highest BCUT2D eigenvalue weighted by Crippen LogP contribution is 2.37. The van der Waals surface area contributed by atoms with Crippen molar-refractivity contribution >= 4 is 70.3 Å². The first kappa shape index (κ1) is 31.6. The van der Waals surface area contributed by atoms with Crippen LogP contribution in [0.25, 0.3) is 6.08 Å². The normalized spacial score (nSPS) is 11.8. The maximum atomic E-state index is 13.5. The van der Waals surface area contributed by atoms with Crippen molar-refractivity contribution in [2.45, 2.75) is 17.1 Å². The average molecular weight is 658 g/mol. The number of thioether (sulfide) groups is 1. The smallest absolute Gasteiger partial charge is 0.272 e. The fourth-order valence-corrected chi connectivity index (χ4v) is 5.59. The molecule has 0 radical (unpaired) electrons. The predicted octanol–water partition coefficient (Wildman–Crippen LogP) is 8.17. The highest BCUT2D eigenvalue weighted by molar-refractivity contribution is 8.00. The summed E-state index contributed by atoms with van der Waals surface area (Å²) in [7, 11) is 0. The lowest BCUT2D eigenvalue weighted by Gasteiger charge is -2.16. The van der Waals surface area contributed by atoms with Gasteiger partial charge in [-0.25, -0.2) is 0 Å². The molecule has 1 atom stereocenters. The molecular formula is C34H26Cl2N4O4S. The number of amides is 3. The summed E-state index contributed by atoms with van der Waals surface area (Å²) in [4.78, 5) is 40.5. The fourth-order valence-electron chi connectivity index (χ4n) is 4.20. The summed E-state index contributed by atoms with van der Waals surface area (Å²) in [5, 5.41) is 12.1. The Morgan fingerprint density at radius 3 is 2.20 bits per heavy atom. The summed E-state index contributed by atoms with van der Waals surface area (Å²) < 4.78 is 5.07. The molecule has 1 aromatic heterocycles. The number of aryl methyl sites for hydroxylation is 1. The molecule has 5 rings (SSSR count). The van der Waals surface area contributed by atoms with E-state index >= 15 is 0 Å². The van der Waals surface area contributed by atoms with E-state index in [-0.39, 0.29) is 16.6 Å². The number of aromatic nitrogens is 1. The molecule has 3 amide bonds. The number of carbonyl (C=O) groups excluding carboxylic acids is 3. The maximum absolute atomic E-state index is 13.5. The standard InChI is InChI=1S/C34H26Cl2N4O4S/c1-21-19-29(40-44-21)39-34(43)31(22-9-4-2-5-10-22)45-26-17-15-25(16-18-26)37-33(42)28(20-24-13-8-14-27(35)30(24)36)38-32(41)23-11-6-3-7-12-23/h2-20,31H,1H3,(H,37,42)(H,38,41)(H,39,40,43)/b28-20-. The van der Waals surface area contributed by atoms with Gasteiger partial charge in [-0.15, -0.1) is 11.8 Å². The molecule has 4 aromatic carbocycles. The minimum Gasteiger partial charge on any atom is -0.360 e. The van der Waals surface area contributed by atoms with Crippen molar-refractivity contribution in [3.8, 4) is 0 Å². The molecule has 3 N–H and O–H groups in total. The molecule has 5 aromatic rings. The third-order valence-electron chi connectivity index (χ3n) is 6.40. The van der Waals surface area contributed by atoms with E-state index in [4.69, 9.17) is 27.7 Å². The van der Waals surface area contributed by atoms with Crippen LogP contribution in [0.15, 0.2) is 124 Å². The average Bonchev–Trinajstić information content (AvgIpc) is 3.47. The van der Waals surface area contributed by atoms with Gasteiger partial charge in [0.15, 0.2) is 5.82 Å². The number of hydrogen-bond donors (Lipinski definition) is 3. The molecule has 0 spiro atoms. The quantitative estimate of drug-likeness (QED) is 0.103. The van der Waals surface area contributed by atoms with Crippen LogP contribution in [-0.4, -0.2) is 22.9 Å². The van der Waals surface area contributed by atoms with E-state index in [0.29, 0.717) is 33.4 Å². The van der Waals surface area contributed by atoms with Crippen molar-refractivity contribution in [1.82, 2.24) is 10.5 Å². The third kappa shape index (κ3) is 8.42. The second kappa shape index (κ2) is 14.8. The summed E-state index contributed by atoms with van der Waals surface area (Å²) in [5.74, 6) is -0.381. The van der Waals surface area contributed by atoms with Gasteiger partial charge in [-0.1, -0.05) is 89.0 Å². The summed E-state index contributed by atoms with van der Waals surface area (Å²) in [6, 6.07) is 31.6. The van der Waals surface area contributed by atoms with Crippen molar-refractivity contribution in [2.75, 3.05) is 10.6 Å². The van der Waals surface area contributed by atoms with Gasteiger partial charge in [0.05, 0.1) is 10.0 Å². The van der Waals surface area contributed by atoms with Crippen molar-refractivity contribution in [1.29, 1.82) is 0 Å². The molecule has 0 saturated heterocycles. The van der Waals surface area contributed by atoms with Gasteiger partial charge in [-0.2, -0.15) is 0 Å². The molecule has 11 heteroatoms. The van der Waals surface area contributed by atoms with Crippen LogP contribution in [0.5, 0.6) is 0 Å². The monoisotopic (exact) mass is 656 g/mol. The summed E-state index contributed by atoms with van der Waals surface area (Å²) in [6.45, 7) is 1.74. The van der Waals surface area contributed by atoms with Gasteiger partial charge in [-0.05, 0) is 66.6 Å². The number of hydrogen-bond acceptors (Lipinski definition) is 6. The highest BCUT2D eigenvalue weighted by Gasteiger charge is 2.23. The number of nitrogens with one attached hydrogen (secondary N) is 3.